The van der Waals surface area contributed by atoms with Crippen LogP contribution < -0.4 is 5.32 Å². The number of rotatable bonds is 3. The summed E-state index contributed by atoms with van der Waals surface area (Å²) >= 11 is 5.95. The Morgan fingerprint density at radius 2 is 2.04 bits per heavy atom. The smallest absolute Gasteiger partial charge is 0.273 e. The van der Waals surface area contributed by atoms with Crippen molar-refractivity contribution in [3.05, 3.63) is 70.6 Å². The normalized spacial score (nSPS) is 10.6. The van der Waals surface area contributed by atoms with Gasteiger partial charge in [0.25, 0.3) is 5.91 Å². The van der Waals surface area contributed by atoms with Crippen LogP contribution in [0.3, 0.4) is 0 Å². The highest BCUT2D eigenvalue weighted by molar-refractivity contribution is 6.30. The minimum Gasteiger partial charge on any atom is -0.320 e. The molecule has 1 heterocycles. The van der Waals surface area contributed by atoms with E-state index in [2.05, 4.69) is 15.5 Å². The summed E-state index contributed by atoms with van der Waals surface area (Å²) in [5.41, 5.74) is 2.88. The Balaban J connectivity index is 1.82. The van der Waals surface area contributed by atoms with Crippen molar-refractivity contribution in [1.29, 1.82) is 0 Å². The van der Waals surface area contributed by atoms with Gasteiger partial charge >= 0.3 is 0 Å². The van der Waals surface area contributed by atoms with E-state index in [1.807, 2.05) is 12.1 Å². The third-order valence-corrected chi connectivity index (χ3v) is 3.63. The third-order valence-electron chi connectivity index (χ3n) is 3.39. The number of carbonyl (C=O) groups is 1. The molecule has 6 heteroatoms. The Morgan fingerprint density at radius 3 is 2.83 bits per heavy atom. The second kappa shape index (κ2) is 6.22. The van der Waals surface area contributed by atoms with E-state index in [4.69, 9.17) is 11.6 Å². The largest absolute Gasteiger partial charge is 0.320 e. The van der Waals surface area contributed by atoms with Gasteiger partial charge in [-0.05, 0) is 42.8 Å². The van der Waals surface area contributed by atoms with Crippen LogP contribution in [0.4, 0.5) is 10.1 Å². The van der Waals surface area contributed by atoms with E-state index in [0.717, 1.165) is 11.1 Å². The molecule has 0 atom stereocenters. The van der Waals surface area contributed by atoms with Crippen LogP contribution in [0.1, 0.15) is 16.1 Å². The minimum absolute atomic E-state index is 0.281. The standard InChI is InChI=1S/C17H13ClFN3O/c1-10-5-6-13(19)8-14(10)20-17(23)16-9-15(21-22-16)11-3-2-4-12(18)7-11/h2-9H,1H3,(H,20,23)(H,21,22). The number of hydrogen-bond acceptors (Lipinski definition) is 2. The maximum atomic E-state index is 13.3. The van der Waals surface area contributed by atoms with Crippen LogP contribution in [-0.2, 0) is 0 Å². The summed E-state index contributed by atoms with van der Waals surface area (Å²) in [4.78, 5) is 12.3. The number of benzene rings is 2. The van der Waals surface area contributed by atoms with Crippen molar-refractivity contribution in [2.75, 3.05) is 5.32 Å². The van der Waals surface area contributed by atoms with Crippen molar-refractivity contribution in [3.8, 4) is 11.3 Å². The molecule has 4 nitrogen and oxygen atoms in total. The summed E-state index contributed by atoms with van der Waals surface area (Å²) in [5.74, 6) is -0.797. The van der Waals surface area contributed by atoms with Gasteiger partial charge in [0.05, 0.1) is 5.69 Å². The second-order valence-corrected chi connectivity index (χ2v) is 5.53. The Labute approximate surface area is 137 Å². The number of amides is 1. The molecule has 0 aliphatic rings. The molecule has 0 unspecified atom stereocenters. The molecule has 0 saturated heterocycles. The maximum Gasteiger partial charge on any atom is 0.273 e. The van der Waals surface area contributed by atoms with Crippen LogP contribution in [0.25, 0.3) is 11.3 Å². The lowest BCUT2D eigenvalue weighted by Crippen LogP contribution is -2.13. The number of anilines is 1. The van der Waals surface area contributed by atoms with Crippen LogP contribution in [0, 0.1) is 12.7 Å². The van der Waals surface area contributed by atoms with Gasteiger partial charge in [-0.2, -0.15) is 5.10 Å². The van der Waals surface area contributed by atoms with Crippen LogP contribution in [-0.4, -0.2) is 16.1 Å². The molecule has 0 aliphatic heterocycles. The van der Waals surface area contributed by atoms with Crippen LogP contribution in [0.2, 0.25) is 5.02 Å². The van der Waals surface area contributed by atoms with E-state index in [-0.39, 0.29) is 11.6 Å². The number of halogens is 2. The number of hydrogen-bond donors (Lipinski definition) is 2. The first-order valence-corrected chi connectivity index (χ1v) is 7.29. The molecule has 0 radical (unpaired) electrons. The van der Waals surface area contributed by atoms with Crippen LogP contribution in [0.5, 0.6) is 0 Å². The summed E-state index contributed by atoms with van der Waals surface area (Å²) < 4.78 is 13.3. The van der Waals surface area contributed by atoms with E-state index in [1.54, 1.807) is 31.2 Å². The van der Waals surface area contributed by atoms with Crippen LogP contribution in [0.15, 0.2) is 48.5 Å². The van der Waals surface area contributed by atoms with Crippen molar-refractivity contribution in [3.63, 3.8) is 0 Å². The Hall–Kier alpha value is -2.66. The molecule has 0 fully saturated rings. The first-order chi connectivity index (χ1) is 11.0. The lowest BCUT2D eigenvalue weighted by molar-refractivity contribution is 0.102. The predicted octanol–water partition coefficient (Wildman–Crippen LogP) is 4.43. The summed E-state index contributed by atoms with van der Waals surface area (Å²) in [6.07, 6.45) is 0. The van der Waals surface area contributed by atoms with Gasteiger partial charge < -0.3 is 5.32 Å². The molecule has 1 amide bonds. The summed E-state index contributed by atoms with van der Waals surface area (Å²) in [7, 11) is 0. The van der Waals surface area contributed by atoms with Crippen molar-refractivity contribution >= 4 is 23.2 Å². The third kappa shape index (κ3) is 3.40. The maximum absolute atomic E-state index is 13.3. The van der Waals surface area contributed by atoms with Crippen molar-refractivity contribution in [1.82, 2.24) is 10.2 Å². The molecule has 2 N–H and O–H groups in total. The molecule has 0 saturated carbocycles. The number of nitrogens with one attached hydrogen (secondary N) is 2. The average Bonchev–Trinajstić information content (AvgIpc) is 3.01. The Morgan fingerprint density at radius 1 is 1.22 bits per heavy atom. The van der Waals surface area contributed by atoms with E-state index in [0.29, 0.717) is 16.4 Å². The highest BCUT2D eigenvalue weighted by Gasteiger charge is 2.13. The molecule has 116 valence electrons. The lowest BCUT2D eigenvalue weighted by atomic mass is 10.1. The zero-order valence-corrected chi connectivity index (χ0v) is 13.0. The molecule has 3 aromatic rings. The molecule has 0 aliphatic carbocycles. The lowest BCUT2D eigenvalue weighted by Gasteiger charge is -2.06. The molecule has 3 rings (SSSR count). The molecule has 0 bridgehead atoms. The first-order valence-electron chi connectivity index (χ1n) is 6.92. The van der Waals surface area contributed by atoms with Crippen LogP contribution >= 0.6 is 11.6 Å². The molecule has 0 spiro atoms. The van der Waals surface area contributed by atoms with Gasteiger partial charge in [-0.1, -0.05) is 29.8 Å². The zero-order chi connectivity index (χ0) is 16.4. The van der Waals surface area contributed by atoms with E-state index in [1.165, 1.54) is 12.1 Å². The Bertz CT molecular complexity index is 876. The average molecular weight is 330 g/mol. The molecule has 1 aromatic heterocycles. The fraction of sp³-hybridized carbons (Fsp3) is 0.0588. The van der Waals surface area contributed by atoms with Gasteiger partial charge in [-0.15, -0.1) is 0 Å². The summed E-state index contributed by atoms with van der Waals surface area (Å²) in [6, 6.07) is 13.0. The molecule has 2 aromatic carbocycles. The highest BCUT2D eigenvalue weighted by Crippen LogP contribution is 2.22. The zero-order valence-electron chi connectivity index (χ0n) is 12.2. The number of nitrogens with zero attached hydrogens (tertiary/aromatic N) is 1. The first kappa shape index (κ1) is 15.2. The quantitative estimate of drug-likeness (QED) is 0.746. The fourth-order valence-electron chi connectivity index (χ4n) is 2.15. The summed E-state index contributed by atoms with van der Waals surface area (Å²) in [6.45, 7) is 1.79. The van der Waals surface area contributed by atoms with Crippen molar-refractivity contribution in [2.45, 2.75) is 6.92 Å². The fourth-order valence-corrected chi connectivity index (χ4v) is 2.34. The number of aromatic amines is 1. The van der Waals surface area contributed by atoms with Gasteiger partial charge in [-0.25, -0.2) is 4.39 Å². The van der Waals surface area contributed by atoms with Gasteiger partial charge in [0.1, 0.15) is 11.5 Å². The summed E-state index contributed by atoms with van der Waals surface area (Å²) in [5, 5.41) is 10.0. The van der Waals surface area contributed by atoms with Crippen molar-refractivity contribution < 1.29 is 9.18 Å². The molecular formula is C17H13ClFN3O. The minimum atomic E-state index is -0.407. The van der Waals surface area contributed by atoms with Gasteiger partial charge in [0.15, 0.2) is 0 Å². The number of aryl methyl sites for hydroxylation is 1. The number of aromatic nitrogens is 2. The SMILES string of the molecule is Cc1ccc(F)cc1NC(=O)c1cc(-c2cccc(Cl)c2)n[nH]1. The monoisotopic (exact) mass is 329 g/mol. The number of carbonyl (C=O) groups excluding carboxylic acids is 1. The second-order valence-electron chi connectivity index (χ2n) is 5.09. The molecular weight excluding hydrogens is 317 g/mol. The highest BCUT2D eigenvalue weighted by atomic mass is 35.5. The van der Waals surface area contributed by atoms with Gasteiger partial charge in [0, 0.05) is 16.3 Å². The topological polar surface area (TPSA) is 57.8 Å². The van der Waals surface area contributed by atoms with E-state index < -0.39 is 5.82 Å². The predicted molar refractivity (Wildman–Crippen MR) is 88.1 cm³/mol. The van der Waals surface area contributed by atoms with Gasteiger partial charge in [-0.3, -0.25) is 9.89 Å². The molecule has 23 heavy (non-hydrogen) atoms. The van der Waals surface area contributed by atoms with Gasteiger partial charge in [0.2, 0.25) is 0 Å². The van der Waals surface area contributed by atoms with Crippen molar-refractivity contribution in [2.24, 2.45) is 0 Å². The van der Waals surface area contributed by atoms with E-state index >= 15 is 0 Å². The Kier molecular flexibility index (Phi) is 4.12. The van der Waals surface area contributed by atoms with E-state index in [9.17, 15) is 9.18 Å². The number of H-pyrrole nitrogens is 1.